The SMILES string of the molecule is CCOC(=O)C(C)(C)Oc1ccc(C2CCC(N)CC2)cc1.Cl. The van der Waals surface area contributed by atoms with Crippen molar-refractivity contribution in [2.45, 2.75) is 64.0 Å². The number of esters is 1. The number of nitrogens with two attached hydrogens (primary N) is 1. The number of hydrogen-bond acceptors (Lipinski definition) is 4. The van der Waals surface area contributed by atoms with E-state index in [-0.39, 0.29) is 18.4 Å². The topological polar surface area (TPSA) is 61.5 Å². The Morgan fingerprint density at radius 3 is 2.26 bits per heavy atom. The molecular formula is C18H28ClNO3. The molecule has 2 rings (SSSR count). The van der Waals surface area contributed by atoms with Gasteiger partial charge in [-0.3, -0.25) is 0 Å². The van der Waals surface area contributed by atoms with Gasteiger partial charge in [0.15, 0.2) is 5.60 Å². The Hall–Kier alpha value is -1.26. The van der Waals surface area contributed by atoms with Crippen molar-refractivity contribution in [3.05, 3.63) is 29.8 Å². The van der Waals surface area contributed by atoms with E-state index in [2.05, 4.69) is 12.1 Å². The number of carbonyl (C=O) groups is 1. The summed E-state index contributed by atoms with van der Waals surface area (Å²) >= 11 is 0. The third kappa shape index (κ3) is 5.40. The molecule has 0 spiro atoms. The highest BCUT2D eigenvalue weighted by molar-refractivity contribution is 5.85. The molecule has 0 heterocycles. The lowest BCUT2D eigenvalue weighted by Crippen LogP contribution is -2.39. The summed E-state index contributed by atoms with van der Waals surface area (Å²) in [5.74, 6) is 0.932. The van der Waals surface area contributed by atoms with Gasteiger partial charge in [-0.2, -0.15) is 0 Å². The summed E-state index contributed by atoms with van der Waals surface area (Å²) in [7, 11) is 0. The van der Waals surface area contributed by atoms with E-state index in [4.69, 9.17) is 15.2 Å². The number of halogens is 1. The second-order valence-electron chi connectivity index (χ2n) is 6.51. The van der Waals surface area contributed by atoms with Crippen LogP contribution < -0.4 is 10.5 Å². The smallest absolute Gasteiger partial charge is 0.349 e. The third-order valence-electron chi connectivity index (χ3n) is 4.26. The van der Waals surface area contributed by atoms with Gasteiger partial charge in [-0.25, -0.2) is 4.79 Å². The average molecular weight is 342 g/mol. The second-order valence-corrected chi connectivity index (χ2v) is 6.51. The van der Waals surface area contributed by atoms with Crippen LogP contribution in [0.25, 0.3) is 0 Å². The lowest BCUT2D eigenvalue weighted by molar-refractivity contribution is -0.158. The Bertz CT molecular complexity index is 493. The highest BCUT2D eigenvalue weighted by atomic mass is 35.5. The first-order chi connectivity index (χ1) is 10.4. The van der Waals surface area contributed by atoms with Gasteiger partial charge in [0, 0.05) is 6.04 Å². The molecule has 0 unspecified atom stereocenters. The fourth-order valence-electron chi connectivity index (χ4n) is 2.90. The maximum atomic E-state index is 11.9. The van der Waals surface area contributed by atoms with Crippen LogP contribution in [-0.4, -0.2) is 24.2 Å². The van der Waals surface area contributed by atoms with E-state index in [9.17, 15) is 4.79 Å². The molecule has 0 saturated heterocycles. The zero-order valence-electron chi connectivity index (χ0n) is 14.2. The number of ether oxygens (including phenoxy) is 2. The van der Waals surface area contributed by atoms with Gasteiger partial charge in [0.25, 0.3) is 0 Å². The van der Waals surface area contributed by atoms with Crippen molar-refractivity contribution >= 4 is 18.4 Å². The molecule has 0 bridgehead atoms. The van der Waals surface area contributed by atoms with Crippen LogP contribution >= 0.6 is 12.4 Å². The van der Waals surface area contributed by atoms with Gasteiger partial charge in [-0.15, -0.1) is 12.4 Å². The normalized spacial score (nSPS) is 21.2. The molecule has 0 atom stereocenters. The quantitative estimate of drug-likeness (QED) is 0.827. The van der Waals surface area contributed by atoms with Crippen molar-refractivity contribution in [3.8, 4) is 5.75 Å². The Kier molecular flexibility index (Phi) is 7.36. The predicted octanol–water partition coefficient (Wildman–Crippen LogP) is 3.81. The van der Waals surface area contributed by atoms with E-state index < -0.39 is 5.60 Å². The minimum Gasteiger partial charge on any atom is -0.476 e. The predicted molar refractivity (Wildman–Crippen MR) is 94.2 cm³/mol. The zero-order valence-corrected chi connectivity index (χ0v) is 15.0. The Balaban J connectivity index is 0.00000264. The molecule has 1 saturated carbocycles. The summed E-state index contributed by atoms with van der Waals surface area (Å²) in [5.41, 5.74) is 6.31. The molecule has 4 nitrogen and oxygen atoms in total. The first-order valence-electron chi connectivity index (χ1n) is 8.14. The van der Waals surface area contributed by atoms with Gasteiger partial charge in [0.05, 0.1) is 6.61 Å². The van der Waals surface area contributed by atoms with Crippen LogP contribution in [0.4, 0.5) is 0 Å². The van der Waals surface area contributed by atoms with E-state index in [0.717, 1.165) is 25.7 Å². The summed E-state index contributed by atoms with van der Waals surface area (Å²) in [6.45, 7) is 5.59. The number of rotatable bonds is 5. The maximum Gasteiger partial charge on any atom is 0.349 e. The first-order valence-corrected chi connectivity index (χ1v) is 8.14. The van der Waals surface area contributed by atoms with Crippen LogP contribution in [0.15, 0.2) is 24.3 Å². The van der Waals surface area contributed by atoms with E-state index in [1.54, 1.807) is 20.8 Å². The lowest BCUT2D eigenvalue weighted by atomic mass is 9.82. The largest absolute Gasteiger partial charge is 0.476 e. The van der Waals surface area contributed by atoms with Gasteiger partial charge >= 0.3 is 5.97 Å². The summed E-state index contributed by atoms with van der Waals surface area (Å²) in [4.78, 5) is 11.9. The Morgan fingerprint density at radius 1 is 1.17 bits per heavy atom. The summed E-state index contributed by atoms with van der Waals surface area (Å²) in [6, 6.07) is 8.43. The molecule has 0 amide bonds. The van der Waals surface area contributed by atoms with Crippen molar-refractivity contribution in [2.24, 2.45) is 5.73 Å². The van der Waals surface area contributed by atoms with Gasteiger partial charge in [0.2, 0.25) is 0 Å². The van der Waals surface area contributed by atoms with Crippen molar-refractivity contribution < 1.29 is 14.3 Å². The average Bonchev–Trinajstić information content (AvgIpc) is 2.49. The molecule has 130 valence electrons. The number of hydrogen-bond donors (Lipinski definition) is 1. The lowest BCUT2D eigenvalue weighted by Gasteiger charge is -2.27. The van der Waals surface area contributed by atoms with Gasteiger partial charge in [0.1, 0.15) is 5.75 Å². The maximum absolute atomic E-state index is 11.9. The van der Waals surface area contributed by atoms with Gasteiger partial charge in [-0.05, 0) is 70.1 Å². The van der Waals surface area contributed by atoms with Crippen LogP contribution in [0.2, 0.25) is 0 Å². The van der Waals surface area contributed by atoms with Crippen LogP contribution in [-0.2, 0) is 9.53 Å². The van der Waals surface area contributed by atoms with Gasteiger partial charge < -0.3 is 15.2 Å². The highest BCUT2D eigenvalue weighted by Gasteiger charge is 2.31. The molecule has 1 aliphatic carbocycles. The summed E-state index contributed by atoms with van der Waals surface area (Å²) in [5, 5.41) is 0. The minimum atomic E-state index is -0.977. The fraction of sp³-hybridized carbons (Fsp3) is 0.611. The van der Waals surface area contributed by atoms with E-state index in [1.165, 1.54) is 5.56 Å². The molecule has 5 heteroatoms. The highest BCUT2D eigenvalue weighted by Crippen LogP contribution is 2.33. The molecular weight excluding hydrogens is 314 g/mol. The van der Waals surface area contributed by atoms with Crippen LogP contribution in [0.1, 0.15) is 57.9 Å². The second kappa shape index (κ2) is 8.55. The molecule has 1 fully saturated rings. The summed E-state index contributed by atoms with van der Waals surface area (Å²) in [6.07, 6.45) is 4.49. The van der Waals surface area contributed by atoms with E-state index in [0.29, 0.717) is 24.3 Å². The first kappa shape index (κ1) is 19.8. The number of benzene rings is 1. The van der Waals surface area contributed by atoms with Crippen LogP contribution in [0.3, 0.4) is 0 Å². The Labute approximate surface area is 145 Å². The standard InChI is InChI=1S/C18H27NO3.ClH/c1-4-21-17(20)18(2,3)22-16-11-7-14(8-12-16)13-5-9-15(19)10-6-13;/h7-8,11-13,15H,4-6,9-10,19H2,1-3H3;1H. The molecule has 0 radical (unpaired) electrons. The van der Waals surface area contributed by atoms with Crippen molar-refractivity contribution in [1.82, 2.24) is 0 Å². The molecule has 1 aliphatic rings. The van der Waals surface area contributed by atoms with Crippen LogP contribution in [0.5, 0.6) is 5.75 Å². The molecule has 23 heavy (non-hydrogen) atoms. The van der Waals surface area contributed by atoms with Gasteiger partial charge in [-0.1, -0.05) is 12.1 Å². The third-order valence-corrected chi connectivity index (χ3v) is 4.26. The molecule has 0 aliphatic heterocycles. The summed E-state index contributed by atoms with van der Waals surface area (Å²) < 4.78 is 10.8. The molecule has 1 aromatic carbocycles. The van der Waals surface area contributed by atoms with Crippen molar-refractivity contribution in [3.63, 3.8) is 0 Å². The minimum absolute atomic E-state index is 0. The van der Waals surface area contributed by atoms with Crippen LogP contribution in [0, 0.1) is 0 Å². The van der Waals surface area contributed by atoms with Crippen molar-refractivity contribution in [2.75, 3.05) is 6.61 Å². The molecule has 1 aromatic rings. The monoisotopic (exact) mass is 341 g/mol. The molecule has 2 N–H and O–H groups in total. The zero-order chi connectivity index (χ0) is 16.2. The van der Waals surface area contributed by atoms with E-state index >= 15 is 0 Å². The number of carbonyl (C=O) groups excluding carboxylic acids is 1. The Morgan fingerprint density at radius 2 is 1.74 bits per heavy atom. The van der Waals surface area contributed by atoms with Crippen molar-refractivity contribution in [1.29, 1.82) is 0 Å². The fourth-order valence-corrected chi connectivity index (χ4v) is 2.90. The van der Waals surface area contributed by atoms with E-state index in [1.807, 2.05) is 12.1 Å². The molecule has 0 aromatic heterocycles.